The molecule has 0 radical (unpaired) electrons. The summed E-state index contributed by atoms with van der Waals surface area (Å²) >= 11 is 1.53. The van der Waals surface area contributed by atoms with Crippen molar-refractivity contribution >= 4 is 28.0 Å². The van der Waals surface area contributed by atoms with Gasteiger partial charge < -0.3 is 16.4 Å². The average Bonchev–Trinajstić information content (AvgIpc) is 3.08. The number of aromatic nitrogens is 4. The van der Waals surface area contributed by atoms with Crippen LogP contribution in [-0.4, -0.2) is 33.0 Å². The van der Waals surface area contributed by atoms with Crippen LogP contribution >= 0.6 is 11.3 Å². The molecule has 0 saturated heterocycles. The number of nitrogens with zero attached hydrogens (tertiary/aromatic N) is 4. The summed E-state index contributed by atoms with van der Waals surface area (Å²) in [5.41, 5.74) is 7.48. The van der Waals surface area contributed by atoms with Gasteiger partial charge in [0.25, 0.3) is 0 Å². The Hall–Kier alpha value is -2.58. The maximum absolute atomic E-state index is 5.50. The third-order valence-corrected chi connectivity index (χ3v) is 4.27. The van der Waals surface area contributed by atoms with E-state index in [1.807, 2.05) is 12.1 Å². The van der Waals surface area contributed by atoms with Crippen LogP contribution in [0.5, 0.6) is 0 Å². The van der Waals surface area contributed by atoms with E-state index in [9.17, 15) is 0 Å². The summed E-state index contributed by atoms with van der Waals surface area (Å²) in [7, 11) is 0. The van der Waals surface area contributed by atoms with Crippen molar-refractivity contribution in [3.05, 3.63) is 43.2 Å². The Balaban J connectivity index is 1.63. The molecular weight excluding hydrogens is 322 g/mol. The number of thiazole rings is 1. The first-order valence-corrected chi connectivity index (χ1v) is 8.55. The van der Waals surface area contributed by atoms with Gasteiger partial charge in [0.2, 0.25) is 0 Å². The molecule has 0 aromatic carbocycles. The van der Waals surface area contributed by atoms with E-state index < -0.39 is 0 Å². The predicted octanol–water partition coefficient (Wildman–Crippen LogP) is 2.89. The van der Waals surface area contributed by atoms with Gasteiger partial charge in [0, 0.05) is 48.6 Å². The SMILES string of the molecule is NCCCCNc1ccnc(Nc2ncc(-c3cncnc3)s2)c1. The fourth-order valence-electron chi connectivity index (χ4n) is 2.11. The van der Waals surface area contributed by atoms with Gasteiger partial charge in [0.15, 0.2) is 5.13 Å². The molecular formula is C16H19N7S. The summed E-state index contributed by atoms with van der Waals surface area (Å²) < 4.78 is 0. The van der Waals surface area contributed by atoms with Crippen LogP contribution in [0.15, 0.2) is 43.2 Å². The molecule has 0 saturated carbocycles. The molecule has 124 valence electrons. The van der Waals surface area contributed by atoms with Gasteiger partial charge >= 0.3 is 0 Å². The first kappa shape index (κ1) is 16.3. The molecule has 0 spiro atoms. The van der Waals surface area contributed by atoms with E-state index in [1.54, 1.807) is 24.8 Å². The number of hydrogen-bond donors (Lipinski definition) is 3. The van der Waals surface area contributed by atoms with Gasteiger partial charge in [-0.2, -0.15) is 0 Å². The lowest BCUT2D eigenvalue weighted by atomic mass is 10.3. The van der Waals surface area contributed by atoms with Crippen molar-refractivity contribution < 1.29 is 0 Å². The summed E-state index contributed by atoms with van der Waals surface area (Å²) in [6.07, 6.45) is 10.7. The highest BCUT2D eigenvalue weighted by Crippen LogP contribution is 2.29. The Bertz CT molecular complexity index is 760. The number of hydrogen-bond acceptors (Lipinski definition) is 8. The lowest BCUT2D eigenvalue weighted by molar-refractivity contribution is 0.774. The van der Waals surface area contributed by atoms with E-state index in [0.29, 0.717) is 0 Å². The number of nitrogens with two attached hydrogens (primary N) is 1. The molecule has 3 heterocycles. The summed E-state index contributed by atoms with van der Waals surface area (Å²) in [4.78, 5) is 17.8. The van der Waals surface area contributed by atoms with Gasteiger partial charge in [-0.05, 0) is 25.5 Å². The summed E-state index contributed by atoms with van der Waals surface area (Å²) in [5.74, 6) is 0.754. The van der Waals surface area contributed by atoms with E-state index in [2.05, 4.69) is 30.6 Å². The Morgan fingerprint density at radius 1 is 1.08 bits per heavy atom. The fourth-order valence-corrected chi connectivity index (χ4v) is 2.91. The van der Waals surface area contributed by atoms with Gasteiger partial charge in [0.1, 0.15) is 12.1 Å². The van der Waals surface area contributed by atoms with Crippen LogP contribution in [0.2, 0.25) is 0 Å². The maximum Gasteiger partial charge on any atom is 0.188 e. The van der Waals surface area contributed by atoms with Crippen LogP contribution in [0.3, 0.4) is 0 Å². The third-order valence-electron chi connectivity index (χ3n) is 3.31. The van der Waals surface area contributed by atoms with Crippen molar-refractivity contribution in [1.82, 2.24) is 19.9 Å². The molecule has 0 aliphatic carbocycles. The Labute approximate surface area is 144 Å². The molecule has 8 heteroatoms. The molecule has 3 aromatic heterocycles. The Kier molecular flexibility index (Phi) is 5.65. The monoisotopic (exact) mass is 341 g/mol. The molecule has 0 aliphatic rings. The minimum atomic E-state index is 0.726. The van der Waals surface area contributed by atoms with Gasteiger partial charge in [-0.25, -0.2) is 19.9 Å². The summed E-state index contributed by atoms with van der Waals surface area (Å²) in [6.45, 7) is 1.62. The number of rotatable bonds is 8. The largest absolute Gasteiger partial charge is 0.385 e. The number of pyridine rings is 1. The highest BCUT2D eigenvalue weighted by molar-refractivity contribution is 7.18. The van der Waals surface area contributed by atoms with E-state index >= 15 is 0 Å². The zero-order valence-electron chi connectivity index (χ0n) is 13.1. The topological polar surface area (TPSA) is 102 Å². The molecule has 7 nitrogen and oxygen atoms in total. The Morgan fingerprint density at radius 3 is 2.79 bits per heavy atom. The van der Waals surface area contributed by atoms with E-state index in [1.165, 1.54) is 17.7 Å². The van der Waals surface area contributed by atoms with Crippen molar-refractivity contribution in [2.75, 3.05) is 23.7 Å². The van der Waals surface area contributed by atoms with Crippen LogP contribution in [0, 0.1) is 0 Å². The zero-order chi connectivity index (χ0) is 16.6. The first-order valence-electron chi connectivity index (χ1n) is 7.73. The van der Waals surface area contributed by atoms with Gasteiger partial charge in [-0.1, -0.05) is 11.3 Å². The van der Waals surface area contributed by atoms with Crippen LogP contribution < -0.4 is 16.4 Å². The Morgan fingerprint density at radius 2 is 1.96 bits per heavy atom. The summed E-state index contributed by atoms with van der Waals surface area (Å²) in [5, 5.41) is 7.38. The van der Waals surface area contributed by atoms with E-state index in [4.69, 9.17) is 5.73 Å². The van der Waals surface area contributed by atoms with Crippen LogP contribution in [0.25, 0.3) is 10.4 Å². The molecule has 0 bridgehead atoms. The smallest absolute Gasteiger partial charge is 0.188 e. The van der Waals surface area contributed by atoms with Gasteiger partial charge in [0.05, 0.1) is 4.88 Å². The second-order valence-electron chi connectivity index (χ2n) is 5.13. The fraction of sp³-hybridized carbons (Fsp3) is 0.250. The highest BCUT2D eigenvalue weighted by Gasteiger charge is 2.06. The molecule has 0 fully saturated rings. The molecule has 0 atom stereocenters. The molecule has 0 amide bonds. The standard InChI is InChI=1S/C16H19N7S/c17-4-1-2-5-20-13-3-6-21-15(7-13)23-16-22-10-14(24-16)12-8-18-11-19-9-12/h3,6-11H,1-2,4-5,17H2,(H2,20,21,22,23). The van der Waals surface area contributed by atoms with Crippen LogP contribution in [0.1, 0.15) is 12.8 Å². The van der Waals surface area contributed by atoms with Crippen molar-refractivity contribution in [2.45, 2.75) is 12.8 Å². The third kappa shape index (κ3) is 4.46. The molecule has 0 unspecified atom stereocenters. The van der Waals surface area contributed by atoms with Crippen LogP contribution in [0.4, 0.5) is 16.6 Å². The average molecular weight is 341 g/mol. The maximum atomic E-state index is 5.50. The lowest BCUT2D eigenvalue weighted by Crippen LogP contribution is -2.06. The number of nitrogens with one attached hydrogen (secondary N) is 2. The quantitative estimate of drug-likeness (QED) is 0.541. The molecule has 3 aromatic rings. The number of anilines is 3. The summed E-state index contributed by atoms with van der Waals surface area (Å²) in [6, 6.07) is 3.91. The first-order chi connectivity index (χ1) is 11.8. The highest BCUT2D eigenvalue weighted by atomic mass is 32.1. The van der Waals surface area contributed by atoms with E-state index in [-0.39, 0.29) is 0 Å². The minimum absolute atomic E-state index is 0.726. The molecule has 3 rings (SSSR count). The predicted molar refractivity (Wildman–Crippen MR) is 97.4 cm³/mol. The van der Waals surface area contributed by atoms with E-state index in [0.717, 1.165) is 53.0 Å². The van der Waals surface area contributed by atoms with Gasteiger partial charge in [-0.3, -0.25) is 0 Å². The normalized spacial score (nSPS) is 10.5. The molecule has 24 heavy (non-hydrogen) atoms. The second kappa shape index (κ2) is 8.32. The van der Waals surface area contributed by atoms with Crippen molar-refractivity contribution in [2.24, 2.45) is 5.73 Å². The number of unbranched alkanes of at least 4 members (excludes halogenated alkanes) is 1. The van der Waals surface area contributed by atoms with Gasteiger partial charge in [-0.15, -0.1) is 0 Å². The minimum Gasteiger partial charge on any atom is -0.385 e. The molecule has 4 N–H and O–H groups in total. The van der Waals surface area contributed by atoms with Crippen LogP contribution in [-0.2, 0) is 0 Å². The van der Waals surface area contributed by atoms with Crippen molar-refractivity contribution in [1.29, 1.82) is 0 Å². The zero-order valence-corrected chi connectivity index (χ0v) is 14.0. The second-order valence-corrected chi connectivity index (χ2v) is 6.16. The van der Waals surface area contributed by atoms with Crippen molar-refractivity contribution in [3.8, 4) is 10.4 Å². The van der Waals surface area contributed by atoms with Crippen molar-refractivity contribution in [3.63, 3.8) is 0 Å². The lowest BCUT2D eigenvalue weighted by Gasteiger charge is -2.07. The molecule has 0 aliphatic heterocycles.